The minimum Gasteiger partial charge on any atom is -0.461 e. The normalized spacial score (nSPS) is 27.4. The summed E-state index contributed by atoms with van der Waals surface area (Å²) in [6.07, 6.45) is 5.33. The van der Waals surface area contributed by atoms with Crippen molar-refractivity contribution in [2.45, 2.75) is 70.2 Å². The number of thioether (sulfide) groups is 1. The van der Waals surface area contributed by atoms with Crippen LogP contribution in [0.3, 0.4) is 0 Å². The summed E-state index contributed by atoms with van der Waals surface area (Å²) in [7, 11) is 0. The number of aromatic amines is 1. The predicted molar refractivity (Wildman–Crippen MR) is 93.1 cm³/mol. The lowest BCUT2D eigenvalue weighted by Crippen LogP contribution is -2.36. The summed E-state index contributed by atoms with van der Waals surface area (Å²) in [5, 5.41) is 7.10. The van der Waals surface area contributed by atoms with E-state index in [1.807, 2.05) is 0 Å². The molecule has 2 saturated carbocycles. The minimum atomic E-state index is -0.206. The Morgan fingerprint density at radius 2 is 2.12 bits per heavy atom. The maximum absolute atomic E-state index is 12.3. The molecule has 3 atom stereocenters. The molecule has 0 unspecified atom stereocenters. The van der Waals surface area contributed by atoms with Crippen LogP contribution in [0.4, 0.5) is 0 Å². The monoisotopic (exact) mass is 353 g/mol. The average molecular weight is 353 g/mol. The van der Waals surface area contributed by atoms with Gasteiger partial charge in [-0.1, -0.05) is 39.0 Å². The fourth-order valence-corrected chi connectivity index (χ4v) is 4.42. The van der Waals surface area contributed by atoms with E-state index in [1.54, 1.807) is 4.57 Å². The van der Waals surface area contributed by atoms with Crippen molar-refractivity contribution in [3.8, 4) is 0 Å². The third kappa shape index (κ3) is 4.05. The van der Waals surface area contributed by atoms with E-state index in [9.17, 15) is 9.59 Å². The highest BCUT2D eigenvalue weighted by molar-refractivity contribution is 7.99. The van der Waals surface area contributed by atoms with Gasteiger partial charge in [0.15, 0.2) is 5.16 Å². The Morgan fingerprint density at radius 1 is 1.38 bits per heavy atom. The van der Waals surface area contributed by atoms with Crippen LogP contribution in [-0.4, -0.2) is 32.6 Å². The molecule has 2 aliphatic carbocycles. The van der Waals surface area contributed by atoms with E-state index in [2.05, 4.69) is 31.0 Å². The summed E-state index contributed by atoms with van der Waals surface area (Å²) in [5.74, 6) is 1.58. The Labute approximate surface area is 146 Å². The van der Waals surface area contributed by atoms with Gasteiger partial charge in [-0.25, -0.2) is 9.89 Å². The van der Waals surface area contributed by atoms with Gasteiger partial charge >= 0.3 is 11.7 Å². The second kappa shape index (κ2) is 7.33. The van der Waals surface area contributed by atoms with Crippen molar-refractivity contribution in [2.75, 3.05) is 5.75 Å². The van der Waals surface area contributed by atoms with Crippen LogP contribution < -0.4 is 5.69 Å². The lowest BCUT2D eigenvalue weighted by molar-refractivity contribution is -0.152. The zero-order chi connectivity index (χ0) is 17.3. The van der Waals surface area contributed by atoms with Crippen molar-refractivity contribution >= 4 is 17.7 Å². The van der Waals surface area contributed by atoms with Crippen LogP contribution in [0.25, 0.3) is 0 Å². The number of nitrogens with one attached hydrogen (secondary N) is 1. The van der Waals surface area contributed by atoms with Crippen LogP contribution in [0, 0.1) is 17.8 Å². The van der Waals surface area contributed by atoms with Crippen molar-refractivity contribution in [2.24, 2.45) is 17.8 Å². The van der Waals surface area contributed by atoms with E-state index in [0.29, 0.717) is 22.9 Å². The Morgan fingerprint density at radius 3 is 2.79 bits per heavy atom. The van der Waals surface area contributed by atoms with E-state index in [-0.39, 0.29) is 29.6 Å². The molecular formula is C17H27N3O3S. The molecule has 2 aliphatic rings. The lowest BCUT2D eigenvalue weighted by atomic mass is 9.75. The Hall–Kier alpha value is -1.24. The highest BCUT2D eigenvalue weighted by atomic mass is 32.2. The number of carbonyl (C=O) groups is 1. The van der Waals surface area contributed by atoms with E-state index in [1.165, 1.54) is 18.2 Å². The molecule has 0 spiro atoms. The third-order valence-corrected chi connectivity index (χ3v) is 6.07. The van der Waals surface area contributed by atoms with Crippen molar-refractivity contribution in [1.29, 1.82) is 0 Å². The quantitative estimate of drug-likeness (QED) is 0.628. The van der Waals surface area contributed by atoms with Gasteiger partial charge in [-0.3, -0.25) is 9.36 Å². The van der Waals surface area contributed by atoms with Crippen LogP contribution in [0.2, 0.25) is 0 Å². The van der Waals surface area contributed by atoms with E-state index >= 15 is 0 Å². The predicted octanol–water partition coefficient (Wildman–Crippen LogP) is 3.00. The number of hydrogen-bond donors (Lipinski definition) is 1. The van der Waals surface area contributed by atoms with Crippen molar-refractivity contribution < 1.29 is 9.53 Å². The van der Waals surface area contributed by atoms with Gasteiger partial charge in [-0.05, 0) is 43.4 Å². The standard InChI is InChI=1S/C17H27N3O3S/c1-10(2)13-7-4-11(3)8-14(13)23-15(21)9-24-17-19-18-16(22)20(17)12-5-6-12/h10-14H,4-9H2,1-3H3,(H,18,22)/t11-,13-,14-/m1/s1. The van der Waals surface area contributed by atoms with Gasteiger partial charge in [-0.2, -0.15) is 0 Å². The Bertz CT molecular complexity index is 635. The number of ether oxygens (including phenoxy) is 1. The molecule has 6 nitrogen and oxygen atoms in total. The number of carbonyl (C=O) groups excluding carboxylic acids is 1. The van der Waals surface area contributed by atoms with Crippen LogP contribution in [0.1, 0.15) is 58.9 Å². The summed E-state index contributed by atoms with van der Waals surface area (Å²) >= 11 is 1.29. The van der Waals surface area contributed by atoms with Crippen molar-refractivity contribution in [1.82, 2.24) is 14.8 Å². The molecule has 1 aromatic rings. The number of hydrogen-bond acceptors (Lipinski definition) is 5. The fourth-order valence-electron chi connectivity index (χ4n) is 3.62. The van der Waals surface area contributed by atoms with Crippen molar-refractivity contribution in [3.05, 3.63) is 10.5 Å². The first-order chi connectivity index (χ1) is 11.5. The molecule has 0 aliphatic heterocycles. The first-order valence-electron chi connectivity index (χ1n) is 8.95. The molecule has 24 heavy (non-hydrogen) atoms. The molecule has 0 radical (unpaired) electrons. The van der Waals surface area contributed by atoms with Gasteiger partial charge in [-0.15, -0.1) is 5.10 Å². The number of rotatable bonds is 6. The smallest absolute Gasteiger partial charge is 0.344 e. The maximum atomic E-state index is 12.3. The van der Waals surface area contributed by atoms with Gasteiger partial charge in [0.2, 0.25) is 0 Å². The first kappa shape index (κ1) is 17.6. The molecule has 0 amide bonds. The summed E-state index contributed by atoms with van der Waals surface area (Å²) in [5.41, 5.74) is -0.186. The second-order valence-electron chi connectivity index (χ2n) is 7.56. The van der Waals surface area contributed by atoms with Gasteiger partial charge in [0.1, 0.15) is 6.10 Å². The fraction of sp³-hybridized carbons (Fsp3) is 0.824. The molecule has 1 N–H and O–H groups in total. The van der Waals surface area contributed by atoms with Crippen molar-refractivity contribution in [3.63, 3.8) is 0 Å². The highest BCUT2D eigenvalue weighted by Crippen LogP contribution is 2.37. The Kier molecular flexibility index (Phi) is 5.37. The molecule has 7 heteroatoms. The zero-order valence-electron chi connectivity index (χ0n) is 14.7. The average Bonchev–Trinajstić information content (AvgIpc) is 3.28. The van der Waals surface area contributed by atoms with E-state index in [4.69, 9.17) is 4.74 Å². The molecule has 1 heterocycles. The van der Waals surface area contributed by atoms with Crippen LogP contribution in [-0.2, 0) is 9.53 Å². The lowest BCUT2D eigenvalue weighted by Gasteiger charge is -2.36. The molecule has 134 valence electrons. The third-order valence-electron chi connectivity index (χ3n) is 5.15. The first-order valence-corrected chi connectivity index (χ1v) is 9.93. The van der Waals surface area contributed by atoms with Gasteiger partial charge < -0.3 is 4.74 Å². The topological polar surface area (TPSA) is 77.0 Å². The zero-order valence-corrected chi connectivity index (χ0v) is 15.5. The molecule has 1 aromatic heterocycles. The SMILES string of the molecule is CC(C)[C@H]1CC[C@@H](C)C[C@H]1OC(=O)CSc1n[nH]c(=O)n1C1CC1. The minimum absolute atomic E-state index is 0.0201. The number of esters is 1. The summed E-state index contributed by atoms with van der Waals surface area (Å²) in [4.78, 5) is 24.0. The highest BCUT2D eigenvalue weighted by Gasteiger charge is 2.34. The molecule has 2 fully saturated rings. The summed E-state index contributed by atoms with van der Waals surface area (Å²) in [6.45, 7) is 6.63. The largest absolute Gasteiger partial charge is 0.461 e. The van der Waals surface area contributed by atoms with E-state index < -0.39 is 0 Å². The Balaban J connectivity index is 1.56. The summed E-state index contributed by atoms with van der Waals surface area (Å²) < 4.78 is 7.46. The number of aromatic nitrogens is 3. The van der Waals surface area contributed by atoms with Crippen LogP contribution in [0.5, 0.6) is 0 Å². The molecule has 0 aromatic carbocycles. The maximum Gasteiger partial charge on any atom is 0.344 e. The van der Waals surface area contributed by atoms with Gasteiger partial charge in [0, 0.05) is 6.04 Å². The molecule has 3 rings (SSSR count). The van der Waals surface area contributed by atoms with E-state index in [0.717, 1.165) is 25.7 Å². The molecule has 0 saturated heterocycles. The van der Waals surface area contributed by atoms with Crippen LogP contribution in [0.15, 0.2) is 9.95 Å². The van der Waals surface area contributed by atoms with Crippen LogP contribution >= 0.6 is 11.8 Å². The molecule has 0 bridgehead atoms. The van der Waals surface area contributed by atoms with Gasteiger partial charge in [0.05, 0.1) is 5.75 Å². The second-order valence-corrected chi connectivity index (χ2v) is 8.50. The summed E-state index contributed by atoms with van der Waals surface area (Å²) in [6, 6.07) is 0.249. The number of nitrogens with zero attached hydrogens (tertiary/aromatic N) is 2. The molecular weight excluding hydrogens is 326 g/mol. The number of H-pyrrole nitrogens is 1. The van der Waals surface area contributed by atoms with Gasteiger partial charge in [0.25, 0.3) is 0 Å².